The van der Waals surface area contributed by atoms with Crippen molar-refractivity contribution in [2.75, 3.05) is 20.3 Å². The fourth-order valence-corrected chi connectivity index (χ4v) is 5.63. The highest BCUT2D eigenvalue weighted by atomic mass is 16.8. The van der Waals surface area contributed by atoms with Crippen molar-refractivity contribution < 1.29 is 59.2 Å². The highest BCUT2D eigenvalue weighted by molar-refractivity contribution is 5.89. The third-order valence-electron chi connectivity index (χ3n) is 7.79. The first kappa shape index (κ1) is 29.8. The molecule has 0 aromatic heterocycles. The van der Waals surface area contributed by atoms with E-state index in [4.69, 9.17) is 18.9 Å². The van der Waals surface area contributed by atoms with E-state index < -0.39 is 67.4 Å². The second kappa shape index (κ2) is 12.1. The number of aromatic hydroxyl groups is 2. The number of carbonyl (C=O) groups excluding carboxylic acids is 2. The third kappa shape index (κ3) is 5.53. The molecule has 13 heteroatoms. The summed E-state index contributed by atoms with van der Waals surface area (Å²) in [6.07, 6.45) is -5.67. The minimum absolute atomic E-state index is 0.125. The normalized spacial score (nSPS) is 33.8. The Morgan fingerprint density at radius 1 is 1.12 bits per heavy atom. The summed E-state index contributed by atoms with van der Waals surface area (Å²) in [6, 6.07) is 2.22. The van der Waals surface area contributed by atoms with E-state index in [9.17, 15) is 40.2 Å². The van der Waals surface area contributed by atoms with Gasteiger partial charge in [0.25, 0.3) is 0 Å². The Kier molecular flexibility index (Phi) is 9.02. The van der Waals surface area contributed by atoms with Crippen LogP contribution in [0.4, 0.5) is 0 Å². The summed E-state index contributed by atoms with van der Waals surface area (Å²) in [5.41, 5.74) is 1.46. The SMILES string of the molecule is C=C[C@H]1[C@H](O[C@@H]2O[C@H](CO)[C@@H](O)[C@H](O)[C@H]2O)OC=C(C(=O)OC)[C@H]1C[C@@H]1c2cc(O)c(O)cc2CCN1C(C)=O. The van der Waals surface area contributed by atoms with Gasteiger partial charge in [0.05, 0.1) is 31.6 Å². The lowest BCUT2D eigenvalue weighted by atomic mass is 9.76. The van der Waals surface area contributed by atoms with Crippen molar-refractivity contribution in [2.24, 2.45) is 11.8 Å². The van der Waals surface area contributed by atoms with Gasteiger partial charge in [0.2, 0.25) is 12.2 Å². The molecule has 0 radical (unpaired) electrons. The molecule has 3 aliphatic rings. The van der Waals surface area contributed by atoms with Crippen LogP contribution in [0.2, 0.25) is 0 Å². The van der Waals surface area contributed by atoms with E-state index in [1.807, 2.05) is 0 Å². The number of amides is 1. The Morgan fingerprint density at radius 2 is 1.82 bits per heavy atom. The van der Waals surface area contributed by atoms with Gasteiger partial charge in [-0.3, -0.25) is 4.79 Å². The van der Waals surface area contributed by atoms with Gasteiger partial charge in [-0.05, 0) is 36.1 Å². The molecule has 13 nitrogen and oxygen atoms in total. The predicted molar refractivity (Wildman–Crippen MR) is 135 cm³/mol. The van der Waals surface area contributed by atoms with E-state index in [2.05, 4.69) is 6.58 Å². The number of aliphatic hydroxyl groups is 4. The van der Waals surface area contributed by atoms with Crippen molar-refractivity contribution in [3.63, 3.8) is 0 Å². The Hall–Kier alpha value is -3.20. The van der Waals surface area contributed by atoms with Crippen LogP contribution < -0.4 is 0 Å². The zero-order chi connectivity index (χ0) is 29.3. The molecule has 0 saturated carbocycles. The molecule has 6 N–H and O–H groups in total. The van der Waals surface area contributed by atoms with Crippen LogP contribution in [0.15, 0.2) is 36.6 Å². The molecule has 3 aliphatic heterocycles. The molecule has 40 heavy (non-hydrogen) atoms. The number of benzene rings is 1. The number of phenolic OH excluding ortho intramolecular Hbond substituents is 2. The molecule has 0 aliphatic carbocycles. The van der Waals surface area contributed by atoms with Gasteiger partial charge in [-0.2, -0.15) is 0 Å². The minimum atomic E-state index is -1.69. The molecule has 1 fully saturated rings. The van der Waals surface area contributed by atoms with Crippen molar-refractivity contribution >= 4 is 11.9 Å². The van der Waals surface area contributed by atoms with Gasteiger partial charge in [-0.1, -0.05) is 6.08 Å². The minimum Gasteiger partial charge on any atom is -0.504 e. The molecular formula is C27H35NO12. The van der Waals surface area contributed by atoms with Crippen molar-refractivity contribution in [3.8, 4) is 11.5 Å². The van der Waals surface area contributed by atoms with Crippen LogP contribution in [-0.4, -0.2) is 105 Å². The summed E-state index contributed by atoms with van der Waals surface area (Å²) in [6.45, 7) is 4.96. The lowest BCUT2D eigenvalue weighted by molar-refractivity contribution is -0.339. The summed E-state index contributed by atoms with van der Waals surface area (Å²) in [5.74, 6) is -3.06. The first-order chi connectivity index (χ1) is 19.0. The van der Waals surface area contributed by atoms with Crippen LogP contribution in [0, 0.1) is 11.8 Å². The lowest BCUT2D eigenvalue weighted by Gasteiger charge is -2.44. The molecule has 1 aromatic rings. The average Bonchev–Trinajstić information content (AvgIpc) is 2.93. The molecule has 1 saturated heterocycles. The van der Waals surface area contributed by atoms with E-state index in [1.54, 1.807) is 4.90 Å². The number of hydrogen-bond acceptors (Lipinski definition) is 12. The lowest BCUT2D eigenvalue weighted by Crippen LogP contribution is -2.60. The highest BCUT2D eigenvalue weighted by Gasteiger charge is 2.48. The van der Waals surface area contributed by atoms with Crippen LogP contribution in [-0.2, 0) is 35.0 Å². The van der Waals surface area contributed by atoms with Gasteiger partial charge in [0.15, 0.2) is 17.8 Å². The highest BCUT2D eigenvalue weighted by Crippen LogP contribution is 2.45. The first-order valence-corrected chi connectivity index (χ1v) is 12.9. The molecule has 9 atom stereocenters. The zero-order valence-corrected chi connectivity index (χ0v) is 22.1. The molecule has 1 amide bonds. The maximum absolute atomic E-state index is 12.8. The summed E-state index contributed by atoms with van der Waals surface area (Å²) >= 11 is 0. The number of hydrogen-bond donors (Lipinski definition) is 6. The number of rotatable bonds is 7. The summed E-state index contributed by atoms with van der Waals surface area (Å²) in [5, 5.41) is 60.5. The Balaban J connectivity index is 1.69. The fraction of sp³-hybridized carbons (Fsp3) is 0.556. The third-order valence-corrected chi connectivity index (χ3v) is 7.79. The molecule has 0 bridgehead atoms. The van der Waals surface area contributed by atoms with E-state index in [0.29, 0.717) is 18.5 Å². The average molecular weight is 566 g/mol. The molecule has 4 rings (SSSR count). The Labute approximate surface area is 230 Å². The van der Waals surface area contributed by atoms with Crippen LogP contribution in [0.5, 0.6) is 11.5 Å². The molecule has 1 aromatic carbocycles. The topological polar surface area (TPSA) is 196 Å². The Bertz CT molecular complexity index is 1150. The second-order valence-electron chi connectivity index (χ2n) is 10.1. The molecule has 3 heterocycles. The number of ether oxygens (including phenoxy) is 4. The van der Waals surface area contributed by atoms with Crippen LogP contribution in [0.25, 0.3) is 0 Å². The van der Waals surface area contributed by atoms with Crippen molar-refractivity contribution in [1.29, 1.82) is 0 Å². The number of aliphatic hydroxyl groups excluding tert-OH is 4. The fourth-order valence-electron chi connectivity index (χ4n) is 5.63. The molecule has 0 spiro atoms. The molecule has 0 unspecified atom stereocenters. The summed E-state index contributed by atoms with van der Waals surface area (Å²) in [4.78, 5) is 27.0. The predicted octanol–water partition coefficient (Wildman–Crippen LogP) is -0.418. The zero-order valence-electron chi connectivity index (χ0n) is 22.1. The van der Waals surface area contributed by atoms with Gasteiger partial charge < -0.3 is 54.5 Å². The maximum Gasteiger partial charge on any atom is 0.337 e. The van der Waals surface area contributed by atoms with Crippen LogP contribution >= 0.6 is 0 Å². The van der Waals surface area contributed by atoms with Crippen LogP contribution in [0.1, 0.15) is 30.5 Å². The quantitative estimate of drug-likeness (QED) is 0.142. The number of fused-ring (bicyclic) bond motifs is 1. The smallest absolute Gasteiger partial charge is 0.337 e. The number of esters is 1. The summed E-state index contributed by atoms with van der Waals surface area (Å²) in [7, 11) is 1.21. The number of carbonyl (C=O) groups is 2. The van der Waals surface area contributed by atoms with Gasteiger partial charge in [-0.15, -0.1) is 6.58 Å². The number of methoxy groups -OCH3 is 1. The monoisotopic (exact) mass is 565 g/mol. The van der Waals surface area contributed by atoms with E-state index in [-0.39, 0.29) is 29.4 Å². The van der Waals surface area contributed by atoms with Crippen LogP contribution in [0.3, 0.4) is 0 Å². The van der Waals surface area contributed by atoms with E-state index in [1.165, 1.54) is 32.2 Å². The molecular weight excluding hydrogens is 530 g/mol. The van der Waals surface area contributed by atoms with Gasteiger partial charge in [0.1, 0.15) is 24.4 Å². The van der Waals surface area contributed by atoms with Crippen molar-refractivity contribution in [3.05, 3.63) is 47.7 Å². The van der Waals surface area contributed by atoms with Gasteiger partial charge in [-0.25, -0.2) is 4.79 Å². The standard InChI is InChI=1S/C27H35NO12/c1-4-14-16(8-18-15-9-20(32)19(31)7-13(15)5-6-28(18)12(2)30)17(25(36)37-3)11-38-26(14)40-27-24(35)23(34)22(33)21(10-29)39-27/h4,7,9,11,14,16,18,21-24,26-27,29,31-35H,1,5-6,8,10H2,2-3H3/t14-,16+,18-,21-,22-,23+,24-,26+,27+/m1/s1. The summed E-state index contributed by atoms with van der Waals surface area (Å²) < 4.78 is 22.0. The Morgan fingerprint density at radius 3 is 2.45 bits per heavy atom. The number of phenols is 2. The second-order valence-corrected chi connectivity index (χ2v) is 10.1. The number of nitrogens with zero attached hydrogens (tertiary/aromatic N) is 1. The van der Waals surface area contributed by atoms with Crippen molar-refractivity contribution in [1.82, 2.24) is 4.90 Å². The van der Waals surface area contributed by atoms with Gasteiger partial charge in [0, 0.05) is 25.3 Å². The van der Waals surface area contributed by atoms with Crippen molar-refractivity contribution in [2.45, 2.75) is 62.8 Å². The maximum atomic E-state index is 12.8. The molecule has 220 valence electrons. The van der Waals surface area contributed by atoms with Gasteiger partial charge >= 0.3 is 5.97 Å². The van der Waals surface area contributed by atoms with E-state index in [0.717, 1.165) is 11.8 Å². The largest absolute Gasteiger partial charge is 0.504 e. The van der Waals surface area contributed by atoms with E-state index >= 15 is 0 Å². The first-order valence-electron chi connectivity index (χ1n) is 12.9.